The van der Waals surface area contributed by atoms with E-state index in [0.29, 0.717) is 5.01 Å². The maximum Gasteiger partial charge on any atom is 0.402 e. The number of Topliss-reactive ketones (excluding diaryl/α,β-unsaturated/α-hetero) is 1. The first-order valence-corrected chi connectivity index (χ1v) is 4.11. The van der Waals surface area contributed by atoms with Gasteiger partial charge in [-0.3, -0.25) is 14.5 Å². The number of hydrogen-bond acceptors (Lipinski definition) is 5. The molecule has 0 aromatic heterocycles. The van der Waals surface area contributed by atoms with Gasteiger partial charge in [-0.1, -0.05) is 0 Å². The molecule has 0 saturated carbocycles. The number of halogens is 3. The maximum absolute atomic E-state index is 12.1. The van der Waals surface area contributed by atoms with E-state index < -0.39 is 24.7 Å². The third kappa shape index (κ3) is 2.98. The Kier molecular flexibility index (Phi) is 3.42. The maximum atomic E-state index is 12.1. The van der Waals surface area contributed by atoms with E-state index in [0.717, 1.165) is 0 Å². The van der Waals surface area contributed by atoms with E-state index in [2.05, 4.69) is 5.43 Å². The van der Waals surface area contributed by atoms with Gasteiger partial charge in [0.05, 0.1) is 6.67 Å². The molecule has 15 heavy (non-hydrogen) atoms. The van der Waals surface area contributed by atoms with Gasteiger partial charge in [0.1, 0.15) is 12.7 Å². The number of nitrogens with one attached hydrogen (secondary N) is 1. The lowest BCUT2D eigenvalue weighted by Gasteiger charge is -2.24. The fourth-order valence-electron chi connectivity index (χ4n) is 1.38. The van der Waals surface area contributed by atoms with Crippen LogP contribution in [0.25, 0.3) is 0 Å². The van der Waals surface area contributed by atoms with Crippen molar-refractivity contribution in [3.8, 4) is 0 Å². The molecule has 0 aromatic rings. The first-order valence-electron chi connectivity index (χ1n) is 4.11. The lowest BCUT2D eigenvalue weighted by Crippen LogP contribution is -2.49. The standard InChI is InChI=1S/C7H10F3N3O2/c1-12-4-11-13(3-7(8,9)10)6(12)5(15)2-14/h2,6,11H,3-4H2,1H3. The molecule has 1 atom stereocenters. The molecule has 0 radical (unpaired) electrons. The van der Waals surface area contributed by atoms with Crippen molar-refractivity contribution in [1.82, 2.24) is 15.3 Å². The Morgan fingerprint density at radius 1 is 1.60 bits per heavy atom. The number of rotatable bonds is 3. The smallest absolute Gasteiger partial charge is 0.294 e. The number of nitrogens with zero attached hydrogens (tertiary/aromatic N) is 2. The normalized spacial score (nSPS) is 24.4. The first kappa shape index (κ1) is 12.1. The molecule has 1 unspecified atom stereocenters. The van der Waals surface area contributed by atoms with Gasteiger partial charge in [-0.2, -0.15) is 13.2 Å². The molecule has 1 saturated heterocycles. The molecule has 5 nitrogen and oxygen atoms in total. The van der Waals surface area contributed by atoms with Crippen LogP contribution in [-0.2, 0) is 9.59 Å². The van der Waals surface area contributed by atoms with Crippen LogP contribution in [0.4, 0.5) is 13.2 Å². The van der Waals surface area contributed by atoms with E-state index in [1.54, 1.807) is 0 Å². The fraction of sp³-hybridized carbons (Fsp3) is 0.714. The summed E-state index contributed by atoms with van der Waals surface area (Å²) in [6.45, 7) is -1.18. The molecule has 1 rings (SSSR count). The van der Waals surface area contributed by atoms with E-state index in [1.807, 2.05) is 0 Å². The minimum absolute atomic E-state index is 0.0253. The molecular weight excluding hydrogens is 215 g/mol. The second kappa shape index (κ2) is 4.25. The first-order chi connectivity index (χ1) is 6.85. The summed E-state index contributed by atoms with van der Waals surface area (Å²) >= 11 is 0. The average molecular weight is 225 g/mol. The van der Waals surface area contributed by atoms with Crippen molar-refractivity contribution in [3.05, 3.63) is 0 Å². The highest BCUT2D eigenvalue weighted by atomic mass is 19.4. The molecule has 1 aliphatic heterocycles. The van der Waals surface area contributed by atoms with E-state index in [1.165, 1.54) is 11.9 Å². The van der Waals surface area contributed by atoms with Gasteiger partial charge in [-0.05, 0) is 7.05 Å². The molecule has 86 valence electrons. The Morgan fingerprint density at radius 2 is 2.20 bits per heavy atom. The highest BCUT2D eigenvalue weighted by molar-refractivity contribution is 6.27. The van der Waals surface area contributed by atoms with Crippen LogP contribution in [0.5, 0.6) is 0 Å². The van der Waals surface area contributed by atoms with Gasteiger partial charge in [0.2, 0.25) is 5.78 Å². The van der Waals surface area contributed by atoms with E-state index in [9.17, 15) is 22.8 Å². The Labute approximate surface area is 83.8 Å². The summed E-state index contributed by atoms with van der Waals surface area (Å²) in [7, 11) is 1.45. The molecule has 0 spiro atoms. The van der Waals surface area contributed by atoms with Crippen molar-refractivity contribution in [2.75, 3.05) is 20.3 Å². The number of hydrogen-bond donors (Lipinski definition) is 1. The topological polar surface area (TPSA) is 52.6 Å². The summed E-state index contributed by atoms with van der Waals surface area (Å²) in [5.41, 5.74) is 2.39. The molecule has 1 fully saturated rings. The molecule has 0 aromatic carbocycles. The predicted molar refractivity (Wildman–Crippen MR) is 43.4 cm³/mol. The number of likely N-dealkylation sites (N-methyl/N-ethyl adjacent to an activating group) is 1. The van der Waals surface area contributed by atoms with Crippen molar-refractivity contribution in [1.29, 1.82) is 0 Å². The van der Waals surface area contributed by atoms with E-state index in [-0.39, 0.29) is 13.0 Å². The zero-order chi connectivity index (χ0) is 11.6. The van der Waals surface area contributed by atoms with Gasteiger partial charge in [0.25, 0.3) is 0 Å². The second-order valence-corrected chi connectivity index (χ2v) is 3.21. The molecular formula is C7H10F3N3O2. The van der Waals surface area contributed by atoms with Crippen LogP contribution in [-0.4, -0.2) is 54.6 Å². The zero-order valence-electron chi connectivity index (χ0n) is 7.91. The third-order valence-electron chi connectivity index (χ3n) is 1.96. The fourth-order valence-corrected chi connectivity index (χ4v) is 1.38. The minimum atomic E-state index is -4.42. The highest BCUT2D eigenvalue weighted by Gasteiger charge is 2.41. The molecule has 1 heterocycles. The summed E-state index contributed by atoms with van der Waals surface area (Å²) in [5, 5.41) is 0.705. The predicted octanol–water partition coefficient (Wildman–Crippen LogP) is -0.648. The lowest BCUT2D eigenvalue weighted by atomic mass is 10.3. The van der Waals surface area contributed by atoms with Crippen molar-refractivity contribution in [2.24, 2.45) is 0 Å². The average Bonchev–Trinajstić information content (AvgIpc) is 2.43. The third-order valence-corrected chi connectivity index (χ3v) is 1.96. The zero-order valence-corrected chi connectivity index (χ0v) is 7.91. The Balaban J connectivity index is 2.72. The molecule has 1 aliphatic rings. The number of carbonyl (C=O) groups excluding carboxylic acids is 2. The van der Waals surface area contributed by atoms with E-state index >= 15 is 0 Å². The molecule has 1 N–H and O–H groups in total. The molecule has 0 amide bonds. The van der Waals surface area contributed by atoms with Crippen LogP contribution in [0.1, 0.15) is 0 Å². The SMILES string of the molecule is CN1CNN(CC(F)(F)F)C1C(=O)C=O. The lowest BCUT2D eigenvalue weighted by molar-refractivity contribution is -0.160. The molecule has 0 bridgehead atoms. The van der Waals surface area contributed by atoms with Gasteiger partial charge < -0.3 is 0 Å². The van der Waals surface area contributed by atoms with Crippen LogP contribution in [0.2, 0.25) is 0 Å². The van der Waals surface area contributed by atoms with Crippen LogP contribution in [0, 0.1) is 0 Å². The van der Waals surface area contributed by atoms with Crippen LogP contribution < -0.4 is 5.43 Å². The van der Waals surface area contributed by atoms with Crippen LogP contribution in [0.15, 0.2) is 0 Å². The van der Waals surface area contributed by atoms with E-state index in [4.69, 9.17) is 0 Å². The Hall–Kier alpha value is -0.990. The number of carbonyl (C=O) groups is 2. The number of alkyl halides is 3. The minimum Gasteiger partial charge on any atom is -0.294 e. The van der Waals surface area contributed by atoms with Crippen molar-refractivity contribution in [2.45, 2.75) is 12.3 Å². The van der Waals surface area contributed by atoms with Gasteiger partial charge in [-0.15, -0.1) is 0 Å². The number of ketones is 1. The van der Waals surface area contributed by atoms with Gasteiger partial charge in [0, 0.05) is 0 Å². The molecule has 0 aliphatic carbocycles. The Bertz CT molecular complexity index is 269. The summed E-state index contributed by atoms with van der Waals surface area (Å²) < 4.78 is 36.2. The van der Waals surface area contributed by atoms with Crippen molar-refractivity contribution >= 4 is 12.1 Å². The van der Waals surface area contributed by atoms with Crippen molar-refractivity contribution < 1.29 is 22.8 Å². The summed E-state index contributed by atoms with van der Waals surface area (Å²) in [5.74, 6) is -0.897. The summed E-state index contributed by atoms with van der Waals surface area (Å²) in [4.78, 5) is 22.6. The van der Waals surface area contributed by atoms with Gasteiger partial charge in [-0.25, -0.2) is 10.4 Å². The number of hydrazine groups is 1. The molecule has 8 heteroatoms. The van der Waals surface area contributed by atoms with Crippen LogP contribution in [0.3, 0.4) is 0 Å². The largest absolute Gasteiger partial charge is 0.402 e. The summed E-state index contributed by atoms with van der Waals surface area (Å²) in [6, 6.07) is 0. The Morgan fingerprint density at radius 3 is 2.67 bits per heavy atom. The van der Waals surface area contributed by atoms with Crippen molar-refractivity contribution in [3.63, 3.8) is 0 Å². The van der Waals surface area contributed by atoms with Gasteiger partial charge >= 0.3 is 6.18 Å². The quantitative estimate of drug-likeness (QED) is 0.511. The van der Waals surface area contributed by atoms with Gasteiger partial charge in [0.15, 0.2) is 6.29 Å². The highest BCUT2D eigenvalue weighted by Crippen LogP contribution is 2.19. The second-order valence-electron chi connectivity index (χ2n) is 3.21. The number of aldehydes is 1. The monoisotopic (exact) mass is 225 g/mol. The van der Waals surface area contributed by atoms with Crippen LogP contribution >= 0.6 is 0 Å². The summed E-state index contributed by atoms with van der Waals surface area (Å²) in [6.07, 6.45) is -5.57.